The molecule has 0 amide bonds. The zero-order valence-corrected chi connectivity index (χ0v) is 13.2. The molecule has 1 aromatic heterocycles. The Morgan fingerprint density at radius 1 is 1.05 bits per heavy atom. The molecule has 0 aliphatic carbocycles. The Hall–Kier alpha value is -2.00. The highest BCUT2D eigenvalue weighted by atomic mass is 79.9. The molecule has 0 fully saturated rings. The summed E-state index contributed by atoms with van der Waals surface area (Å²) in [7, 11) is 0. The van der Waals surface area contributed by atoms with Crippen LogP contribution in [0.3, 0.4) is 0 Å². The lowest BCUT2D eigenvalue weighted by Crippen LogP contribution is -2.03. The van der Waals surface area contributed by atoms with Gasteiger partial charge < -0.3 is 0 Å². The number of aromatic nitrogens is 1. The SMILES string of the molecule is Cc1ccc2cc(C(=O)Cc3ccc(Br)cc3)ccc2n1. The molecule has 0 saturated heterocycles. The number of aryl methyl sites for hydroxylation is 1. The van der Waals surface area contributed by atoms with Crippen LogP contribution in [0.2, 0.25) is 0 Å². The van der Waals surface area contributed by atoms with Gasteiger partial charge in [0.2, 0.25) is 0 Å². The van der Waals surface area contributed by atoms with E-state index in [0.29, 0.717) is 6.42 Å². The minimum absolute atomic E-state index is 0.125. The quantitative estimate of drug-likeness (QED) is 0.645. The van der Waals surface area contributed by atoms with Crippen molar-refractivity contribution in [3.05, 3.63) is 75.9 Å². The summed E-state index contributed by atoms with van der Waals surface area (Å²) in [6, 6.07) is 17.5. The smallest absolute Gasteiger partial charge is 0.167 e. The maximum absolute atomic E-state index is 12.4. The number of benzene rings is 2. The van der Waals surface area contributed by atoms with Crippen molar-refractivity contribution in [2.24, 2.45) is 0 Å². The van der Waals surface area contributed by atoms with Gasteiger partial charge in [-0.15, -0.1) is 0 Å². The molecule has 0 radical (unpaired) electrons. The molecule has 3 heteroatoms. The first-order valence-electron chi connectivity index (χ1n) is 6.77. The van der Waals surface area contributed by atoms with Gasteiger partial charge in [-0.05, 0) is 48.9 Å². The predicted octanol–water partition coefficient (Wildman–Crippen LogP) is 4.73. The number of rotatable bonds is 3. The molecule has 0 aliphatic heterocycles. The van der Waals surface area contributed by atoms with Gasteiger partial charge in [0, 0.05) is 27.5 Å². The third-order valence-corrected chi connectivity index (χ3v) is 3.96. The first-order valence-corrected chi connectivity index (χ1v) is 7.56. The van der Waals surface area contributed by atoms with Crippen LogP contribution in [0.4, 0.5) is 0 Å². The van der Waals surface area contributed by atoms with Gasteiger partial charge in [0.05, 0.1) is 5.52 Å². The molecule has 3 aromatic rings. The molecule has 104 valence electrons. The molecule has 2 nitrogen and oxygen atoms in total. The number of carbonyl (C=O) groups excluding carboxylic acids is 1. The van der Waals surface area contributed by atoms with E-state index in [1.165, 1.54) is 0 Å². The highest BCUT2D eigenvalue weighted by Gasteiger charge is 2.08. The van der Waals surface area contributed by atoms with Gasteiger partial charge in [0.25, 0.3) is 0 Å². The van der Waals surface area contributed by atoms with Crippen LogP contribution < -0.4 is 0 Å². The minimum atomic E-state index is 0.125. The third-order valence-electron chi connectivity index (χ3n) is 3.43. The molecule has 21 heavy (non-hydrogen) atoms. The number of nitrogens with zero attached hydrogens (tertiary/aromatic N) is 1. The topological polar surface area (TPSA) is 30.0 Å². The summed E-state index contributed by atoms with van der Waals surface area (Å²) in [6.45, 7) is 1.96. The van der Waals surface area contributed by atoms with Gasteiger partial charge in [0.1, 0.15) is 0 Å². The largest absolute Gasteiger partial charge is 0.294 e. The van der Waals surface area contributed by atoms with Gasteiger partial charge in [-0.3, -0.25) is 9.78 Å². The van der Waals surface area contributed by atoms with Crippen molar-refractivity contribution in [1.82, 2.24) is 4.98 Å². The van der Waals surface area contributed by atoms with Crippen molar-refractivity contribution in [3.63, 3.8) is 0 Å². The van der Waals surface area contributed by atoms with Crippen LogP contribution >= 0.6 is 15.9 Å². The highest BCUT2D eigenvalue weighted by molar-refractivity contribution is 9.10. The Bertz CT molecular complexity index is 809. The predicted molar refractivity (Wildman–Crippen MR) is 88.7 cm³/mol. The fourth-order valence-corrected chi connectivity index (χ4v) is 2.55. The second kappa shape index (κ2) is 5.78. The monoisotopic (exact) mass is 339 g/mol. The van der Waals surface area contributed by atoms with E-state index in [9.17, 15) is 4.79 Å². The average Bonchev–Trinajstić information content (AvgIpc) is 2.49. The number of pyridine rings is 1. The first kappa shape index (κ1) is 14.0. The molecule has 3 rings (SSSR count). The summed E-state index contributed by atoms with van der Waals surface area (Å²) in [4.78, 5) is 16.8. The molecule has 2 aromatic carbocycles. The minimum Gasteiger partial charge on any atom is -0.294 e. The molecule has 0 saturated carbocycles. The van der Waals surface area contributed by atoms with Crippen LogP contribution in [0.25, 0.3) is 10.9 Å². The zero-order chi connectivity index (χ0) is 14.8. The van der Waals surface area contributed by atoms with Crippen LogP contribution in [-0.2, 0) is 6.42 Å². The van der Waals surface area contributed by atoms with Crippen molar-refractivity contribution in [1.29, 1.82) is 0 Å². The zero-order valence-electron chi connectivity index (χ0n) is 11.6. The Kier molecular flexibility index (Phi) is 3.84. The number of ketones is 1. The van der Waals surface area contributed by atoms with E-state index < -0.39 is 0 Å². The van der Waals surface area contributed by atoms with Crippen molar-refractivity contribution in [3.8, 4) is 0 Å². The summed E-state index contributed by atoms with van der Waals surface area (Å²) >= 11 is 3.40. The van der Waals surface area contributed by atoms with Crippen LogP contribution in [-0.4, -0.2) is 10.8 Å². The number of halogens is 1. The van der Waals surface area contributed by atoms with E-state index in [1.54, 1.807) is 0 Å². The van der Waals surface area contributed by atoms with Gasteiger partial charge in [-0.2, -0.15) is 0 Å². The van der Waals surface area contributed by atoms with Crippen molar-refractivity contribution < 1.29 is 4.79 Å². The van der Waals surface area contributed by atoms with Crippen LogP contribution in [0.15, 0.2) is 59.1 Å². The number of hydrogen-bond acceptors (Lipinski definition) is 2. The van der Waals surface area contributed by atoms with Crippen LogP contribution in [0.5, 0.6) is 0 Å². The highest BCUT2D eigenvalue weighted by Crippen LogP contribution is 2.17. The second-order valence-electron chi connectivity index (χ2n) is 5.09. The number of Topliss-reactive ketones (excluding diaryl/α,β-unsaturated/α-hetero) is 1. The van der Waals surface area contributed by atoms with Crippen LogP contribution in [0, 0.1) is 6.92 Å². The van der Waals surface area contributed by atoms with Gasteiger partial charge in [-0.25, -0.2) is 0 Å². The third kappa shape index (κ3) is 3.19. The lowest BCUT2D eigenvalue weighted by molar-refractivity contribution is 0.0993. The Morgan fingerprint density at radius 2 is 1.81 bits per heavy atom. The van der Waals surface area contributed by atoms with Gasteiger partial charge in [-0.1, -0.05) is 34.1 Å². The molecule has 0 spiro atoms. The number of hydrogen-bond donors (Lipinski definition) is 0. The summed E-state index contributed by atoms with van der Waals surface area (Å²) in [5.74, 6) is 0.125. The number of fused-ring (bicyclic) bond motifs is 1. The summed E-state index contributed by atoms with van der Waals surface area (Å²) in [5, 5.41) is 1.00. The van der Waals surface area contributed by atoms with E-state index >= 15 is 0 Å². The average molecular weight is 340 g/mol. The molecule has 0 unspecified atom stereocenters. The normalized spacial score (nSPS) is 10.8. The lowest BCUT2D eigenvalue weighted by atomic mass is 10.0. The Labute approximate surface area is 132 Å². The van der Waals surface area contributed by atoms with Crippen molar-refractivity contribution in [2.45, 2.75) is 13.3 Å². The van der Waals surface area contributed by atoms with Gasteiger partial charge >= 0.3 is 0 Å². The molecule has 1 heterocycles. The fraction of sp³-hybridized carbons (Fsp3) is 0.111. The maximum atomic E-state index is 12.4. The van der Waals surface area contributed by atoms with Crippen molar-refractivity contribution in [2.75, 3.05) is 0 Å². The van der Waals surface area contributed by atoms with E-state index in [2.05, 4.69) is 20.9 Å². The van der Waals surface area contributed by atoms with Gasteiger partial charge in [0.15, 0.2) is 5.78 Å². The summed E-state index contributed by atoms with van der Waals surface area (Å²) < 4.78 is 1.02. The van der Waals surface area contributed by atoms with E-state index in [4.69, 9.17) is 0 Å². The molecule has 0 bridgehead atoms. The number of carbonyl (C=O) groups is 1. The molecular formula is C18H14BrNO. The first-order chi connectivity index (χ1) is 10.1. The summed E-state index contributed by atoms with van der Waals surface area (Å²) in [6.07, 6.45) is 0.415. The van der Waals surface area contributed by atoms with E-state index in [0.717, 1.165) is 32.2 Å². The van der Waals surface area contributed by atoms with Crippen LogP contribution in [0.1, 0.15) is 21.6 Å². The molecule has 0 aliphatic rings. The second-order valence-corrected chi connectivity index (χ2v) is 6.00. The Morgan fingerprint density at radius 3 is 2.57 bits per heavy atom. The van der Waals surface area contributed by atoms with Crippen molar-refractivity contribution >= 4 is 32.6 Å². The maximum Gasteiger partial charge on any atom is 0.167 e. The Balaban J connectivity index is 1.87. The summed E-state index contributed by atoms with van der Waals surface area (Å²) in [5.41, 5.74) is 3.66. The van der Waals surface area contributed by atoms with E-state index in [1.807, 2.05) is 61.5 Å². The molecular weight excluding hydrogens is 326 g/mol. The van der Waals surface area contributed by atoms with E-state index in [-0.39, 0.29) is 5.78 Å². The lowest BCUT2D eigenvalue weighted by Gasteiger charge is -2.04. The molecule has 0 N–H and O–H groups in total. The molecule has 0 atom stereocenters. The standard InChI is InChI=1S/C18H14BrNO/c1-12-2-5-14-11-15(6-9-17(14)20-12)18(21)10-13-3-7-16(19)8-4-13/h2-9,11H,10H2,1H3. The fourth-order valence-electron chi connectivity index (χ4n) is 2.29.